The second-order valence-corrected chi connectivity index (χ2v) is 7.87. The van der Waals surface area contributed by atoms with Crippen molar-refractivity contribution >= 4 is 46.9 Å². The Kier molecular flexibility index (Phi) is 5.65. The van der Waals surface area contributed by atoms with Gasteiger partial charge >= 0.3 is 0 Å². The van der Waals surface area contributed by atoms with Crippen LogP contribution in [-0.4, -0.2) is 42.0 Å². The number of oxazole rings is 1. The van der Waals surface area contributed by atoms with E-state index in [1.165, 1.54) is 0 Å². The molecule has 1 saturated heterocycles. The van der Waals surface area contributed by atoms with Crippen LogP contribution in [0.5, 0.6) is 0 Å². The fourth-order valence-electron chi connectivity index (χ4n) is 3.14. The Hall–Kier alpha value is -3.08. The van der Waals surface area contributed by atoms with Crippen molar-refractivity contribution in [2.45, 2.75) is 0 Å². The predicted octanol–water partition coefficient (Wildman–Crippen LogP) is 4.39. The lowest BCUT2D eigenvalue weighted by Crippen LogP contribution is -2.48. The van der Waals surface area contributed by atoms with Gasteiger partial charge in [-0.1, -0.05) is 23.7 Å². The lowest BCUT2D eigenvalue weighted by Gasteiger charge is -2.34. The maximum atomic E-state index is 12.7. The molecule has 1 fully saturated rings. The molecule has 6 nitrogen and oxygen atoms in total. The smallest absolute Gasteiger partial charge is 0.254 e. The highest BCUT2D eigenvalue weighted by molar-refractivity contribution is 7.10. The minimum absolute atomic E-state index is 0.0511. The lowest BCUT2D eigenvalue weighted by molar-refractivity contribution is 0.0745. The number of carbonyl (C=O) groups excluding carboxylic acids is 1. The van der Waals surface area contributed by atoms with E-state index in [0.29, 0.717) is 48.5 Å². The third-order valence-corrected chi connectivity index (χ3v) is 5.66. The quantitative estimate of drug-likeness (QED) is 0.620. The van der Waals surface area contributed by atoms with Gasteiger partial charge in [0, 0.05) is 47.7 Å². The molecule has 0 radical (unpaired) electrons. The molecule has 8 heteroatoms. The van der Waals surface area contributed by atoms with Gasteiger partial charge in [0.2, 0.25) is 17.5 Å². The molecule has 3 aromatic rings. The highest BCUT2D eigenvalue weighted by Crippen LogP contribution is 2.25. The van der Waals surface area contributed by atoms with Crippen LogP contribution in [0, 0.1) is 11.3 Å². The Morgan fingerprint density at radius 2 is 2.03 bits per heavy atom. The molecule has 0 atom stereocenters. The molecule has 0 unspecified atom stereocenters. The number of anilines is 1. The second kappa shape index (κ2) is 8.52. The van der Waals surface area contributed by atoms with E-state index >= 15 is 0 Å². The van der Waals surface area contributed by atoms with Crippen LogP contribution in [0.15, 0.2) is 46.2 Å². The van der Waals surface area contributed by atoms with Crippen molar-refractivity contribution in [1.82, 2.24) is 9.88 Å². The van der Waals surface area contributed by atoms with E-state index in [4.69, 9.17) is 16.0 Å². The minimum atomic E-state index is -0.0511. The third-order valence-electron chi connectivity index (χ3n) is 4.59. The van der Waals surface area contributed by atoms with Crippen molar-refractivity contribution in [1.29, 1.82) is 5.26 Å². The van der Waals surface area contributed by atoms with Gasteiger partial charge in [-0.15, -0.1) is 11.3 Å². The van der Waals surface area contributed by atoms with Crippen LogP contribution in [0.3, 0.4) is 0 Å². The largest absolute Gasteiger partial charge is 0.420 e. The first kappa shape index (κ1) is 19.2. The van der Waals surface area contributed by atoms with Crippen molar-refractivity contribution < 1.29 is 9.21 Å². The average Bonchev–Trinajstić information content (AvgIpc) is 3.41. The number of thiophene rings is 1. The highest BCUT2D eigenvalue weighted by Gasteiger charge is 2.26. The summed E-state index contributed by atoms with van der Waals surface area (Å²) in [5.74, 6) is 0.792. The number of hydrogen-bond donors (Lipinski definition) is 0. The van der Waals surface area contributed by atoms with Gasteiger partial charge in [-0.2, -0.15) is 10.2 Å². The molecule has 2 aromatic heterocycles. The fraction of sp³-hybridized carbons (Fsp3) is 0.190. The van der Waals surface area contributed by atoms with Gasteiger partial charge in [0.15, 0.2) is 0 Å². The summed E-state index contributed by atoms with van der Waals surface area (Å²) in [6.45, 7) is 2.17. The lowest BCUT2D eigenvalue weighted by atomic mass is 10.2. The van der Waals surface area contributed by atoms with Crippen molar-refractivity contribution in [2.75, 3.05) is 31.1 Å². The van der Waals surface area contributed by atoms with Gasteiger partial charge in [0.25, 0.3) is 5.91 Å². The summed E-state index contributed by atoms with van der Waals surface area (Å²) in [5, 5.41) is 12.0. The molecule has 1 aromatic carbocycles. The zero-order valence-corrected chi connectivity index (χ0v) is 17.0. The first-order chi connectivity index (χ1) is 14.1. The first-order valence-corrected chi connectivity index (χ1v) is 10.3. The predicted molar refractivity (Wildman–Crippen MR) is 114 cm³/mol. The van der Waals surface area contributed by atoms with E-state index in [1.807, 2.05) is 28.5 Å². The molecule has 0 saturated carbocycles. The van der Waals surface area contributed by atoms with Crippen molar-refractivity contribution in [3.05, 3.63) is 68.8 Å². The Labute approximate surface area is 177 Å². The van der Waals surface area contributed by atoms with Gasteiger partial charge in [-0.25, -0.2) is 0 Å². The number of nitrogens with zero attached hydrogens (tertiary/aromatic N) is 4. The van der Waals surface area contributed by atoms with Crippen LogP contribution in [0.25, 0.3) is 12.2 Å². The fourth-order valence-corrected chi connectivity index (χ4v) is 3.95. The van der Waals surface area contributed by atoms with Crippen molar-refractivity contribution in [3.8, 4) is 6.07 Å². The molecule has 1 aliphatic rings. The van der Waals surface area contributed by atoms with Gasteiger partial charge in [-0.05, 0) is 35.7 Å². The summed E-state index contributed by atoms with van der Waals surface area (Å²) in [5.41, 5.74) is 0.828. The van der Waals surface area contributed by atoms with Gasteiger partial charge < -0.3 is 14.2 Å². The van der Waals surface area contributed by atoms with Crippen molar-refractivity contribution in [2.24, 2.45) is 0 Å². The molecule has 0 bridgehead atoms. The van der Waals surface area contributed by atoms with Crippen LogP contribution < -0.4 is 4.90 Å². The van der Waals surface area contributed by atoms with Crippen molar-refractivity contribution in [3.63, 3.8) is 0 Å². The molecule has 4 rings (SSSR count). The molecule has 146 valence electrons. The number of amides is 1. The van der Waals surface area contributed by atoms with Crippen LogP contribution in [-0.2, 0) is 0 Å². The summed E-state index contributed by atoms with van der Waals surface area (Å²) >= 11 is 7.60. The van der Waals surface area contributed by atoms with Gasteiger partial charge in [0.05, 0.1) is 0 Å². The zero-order valence-electron chi connectivity index (χ0n) is 15.4. The van der Waals surface area contributed by atoms with Crippen LogP contribution in [0.4, 0.5) is 5.88 Å². The molecule has 0 spiro atoms. The first-order valence-electron chi connectivity index (χ1n) is 9.06. The maximum Gasteiger partial charge on any atom is 0.254 e. The molecular formula is C21H17ClN4O2S. The number of halogens is 1. The van der Waals surface area contributed by atoms with Crippen LogP contribution in [0.1, 0.15) is 26.8 Å². The normalized spacial score (nSPS) is 14.3. The topological polar surface area (TPSA) is 73.4 Å². The van der Waals surface area contributed by atoms with E-state index in [1.54, 1.807) is 46.6 Å². The number of hydrogen-bond acceptors (Lipinski definition) is 6. The summed E-state index contributed by atoms with van der Waals surface area (Å²) in [6.07, 6.45) is 3.66. The Bertz CT molecular complexity index is 1080. The second-order valence-electron chi connectivity index (χ2n) is 6.46. The minimum Gasteiger partial charge on any atom is -0.420 e. The number of aromatic nitrogens is 1. The molecule has 3 heterocycles. The summed E-state index contributed by atoms with van der Waals surface area (Å²) in [7, 11) is 0. The Morgan fingerprint density at radius 1 is 1.21 bits per heavy atom. The number of rotatable bonds is 4. The molecule has 0 aliphatic carbocycles. The Balaban J connectivity index is 1.44. The number of benzene rings is 1. The molecule has 1 amide bonds. The average molecular weight is 425 g/mol. The number of piperazine rings is 1. The molecule has 0 N–H and O–H groups in total. The number of carbonyl (C=O) groups is 1. The third kappa shape index (κ3) is 4.34. The van der Waals surface area contributed by atoms with E-state index in [0.717, 1.165) is 4.88 Å². The van der Waals surface area contributed by atoms with E-state index in [9.17, 15) is 10.1 Å². The zero-order chi connectivity index (χ0) is 20.2. The standard InChI is InChI=1S/C21H17ClN4O2S/c22-16-4-1-3-15(13-16)20(27)25-8-10-26(11-9-25)21-18(14-23)24-19(28-21)7-6-17-5-2-12-29-17/h1-7,12-13H,8-11H2. The number of nitriles is 1. The monoisotopic (exact) mass is 424 g/mol. The molecular weight excluding hydrogens is 408 g/mol. The summed E-state index contributed by atoms with van der Waals surface area (Å²) in [4.78, 5) is 21.8. The van der Waals surface area contributed by atoms with E-state index in [-0.39, 0.29) is 11.6 Å². The SMILES string of the molecule is N#Cc1nc(C=Cc2cccs2)oc1N1CCN(C(=O)c2cccc(Cl)c2)CC1. The summed E-state index contributed by atoms with van der Waals surface area (Å²) < 4.78 is 5.83. The summed E-state index contributed by atoms with van der Waals surface area (Å²) in [6, 6.07) is 13.0. The molecule has 1 aliphatic heterocycles. The van der Waals surface area contributed by atoms with E-state index < -0.39 is 0 Å². The van der Waals surface area contributed by atoms with E-state index in [2.05, 4.69) is 11.1 Å². The molecule has 29 heavy (non-hydrogen) atoms. The van der Waals surface area contributed by atoms with Crippen LogP contribution >= 0.6 is 22.9 Å². The maximum absolute atomic E-state index is 12.7. The van der Waals surface area contributed by atoms with Crippen LogP contribution in [0.2, 0.25) is 5.02 Å². The highest BCUT2D eigenvalue weighted by atomic mass is 35.5. The Morgan fingerprint density at radius 3 is 2.72 bits per heavy atom. The van der Waals surface area contributed by atoms with Gasteiger partial charge in [0.1, 0.15) is 6.07 Å². The van der Waals surface area contributed by atoms with Gasteiger partial charge in [-0.3, -0.25) is 4.79 Å².